The van der Waals surface area contributed by atoms with E-state index in [0.717, 1.165) is 39.3 Å². The predicted molar refractivity (Wildman–Crippen MR) is 201 cm³/mol. The Balaban J connectivity index is 1.17. The number of pyridine rings is 1. The maximum absolute atomic E-state index is 4.91. The van der Waals surface area contributed by atoms with Crippen molar-refractivity contribution in [2.75, 3.05) is 0 Å². The van der Waals surface area contributed by atoms with E-state index in [1.807, 2.05) is 6.20 Å². The predicted octanol–water partition coefficient (Wildman–Crippen LogP) is 10.4. The lowest BCUT2D eigenvalue weighted by Crippen LogP contribution is -2.28. The highest BCUT2D eigenvalue weighted by atomic mass is 15.1. The van der Waals surface area contributed by atoms with Crippen molar-refractivity contribution < 1.29 is 4.57 Å². The third-order valence-corrected chi connectivity index (χ3v) is 9.99. The highest BCUT2D eigenvalue weighted by Crippen LogP contribution is 2.38. The first kappa shape index (κ1) is 28.9. The Morgan fingerprint density at radius 2 is 1.22 bits per heavy atom. The highest BCUT2D eigenvalue weighted by molar-refractivity contribution is 6.09. The first-order chi connectivity index (χ1) is 24.1. The van der Waals surface area contributed by atoms with Crippen molar-refractivity contribution in [3.63, 3.8) is 0 Å². The zero-order valence-corrected chi connectivity index (χ0v) is 27.5. The van der Waals surface area contributed by atoms with Gasteiger partial charge in [-0.1, -0.05) is 117 Å². The van der Waals surface area contributed by atoms with Gasteiger partial charge >= 0.3 is 0 Å². The van der Waals surface area contributed by atoms with Crippen LogP contribution < -0.4 is 4.57 Å². The number of rotatable bonds is 6. The molecule has 0 radical (unpaired) electrons. The molecule has 6 aromatic carbocycles. The van der Waals surface area contributed by atoms with Crippen LogP contribution >= 0.6 is 0 Å². The zero-order valence-electron chi connectivity index (χ0n) is 27.5. The number of aromatic nitrogens is 4. The van der Waals surface area contributed by atoms with E-state index in [1.54, 1.807) is 0 Å². The molecule has 3 heterocycles. The number of benzene rings is 6. The molecule has 0 N–H and O–H groups in total. The van der Waals surface area contributed by atoms with E-state index in [1.165, 1.54) is 33.0 Å². The summed E-state index contributed by atoms with van der Waals surface area (Å²) in [5.74, 6) is 0.913. The summed E-state index contributed by atoms with van der Waals surface area (Å²) in [4.78, 5) is 4.91. The monoisotopic (exact) mass is 631 g/mol. The highest BCUT2D eigenvalue weighted by Gasteiger charge is 2.27. The Morgan fingerprint density at radius 3 is 2.06 bits per heavy atom. The molecule has 0 aliphatic rings. The normalized spacial score (nSPS) is 11.9. The van der Waals surface area contributed by atoms with Crippen LogP contribution in [-0.2, 0) is 5.41 Å². The van der Waals surface area contributed by atoms with Crippen LogP contribution in [-0.4, -0.2) is 14.1 Å². The first-order valence-electron chi connectivity index (χ1n) is 16.8. The minimum Gasteiger partial charge on any atom is -0.294 e. The summed E-state index contributed by atoms with van der Waals surface area (Å²) in [7, 11) is 0. The van der Waals surface area contributed by atoms with Crippen molar-refractivity contribution in [1.29, 1.82) is 0 Å². The second-order valence-electron chi connectivity index (χ2n) is 13.2. The van der Waals surface area contributed by atoms with Crippen LogP contribution in [0.15, 0.2) is 176 Å². The second-order valence-corrected chi connectivity index (χ2v) is 13.2. The van der Waals surface area contributed by atoms with Gasteiger partial charge in [0.2, 0.25) is 0 Å². The largest absolute Gasteiger partial charge is 0.294 e. The van der Waals surface area contributed by atoms with Gasteiger partial charge in [-0.15, -0.1) is 0 Å². The third kappa shape index (κ3) is 4.84. The number of fused-ring (bicyclic) bond motifs is 4. The van der Waals surface area contributed by atoms with E-state index < -0.39 is 0 Å². The van der Waals surface area contributed by atoms with Crippen molar-refractivity contribution >= 4 is 32.8 Å². The molecule has 4 heteroatoms. The lowest BCUT2D eigenvalue weighted by Gasteiger charge is -2.26. The van der Waals surface area contributed by atoms with E-state index in [0.29, 0.717) is 0 Å². The number of para-hydroxylation sites is 4. The van der Waals surface area contributed by atoms with Crippen LogP contribution in [0, 0.1) is 0 Å². The van der Waals surface area contributed by atoms with Gasteiger partial charge in [0.05, 0.1) is 11.0 Å². The molecular weight excluding hydrogens is 597 g/mol. The van der Waals surface area contributed by atoms with Gasteiger partial charge in [-0.2, -0.15) is 9.13 Å². The zero-order chi connectivity index (χ0) is 33.0. The SMILES string of the molecule is CC(C)(c1cccc(-n2c[n+](-c3ccccc3)c3ccccc32)c1)c1ccc2c3ccccc3n(-c3cc(-c4ccccc4)ccn3)c2c1. The lowest BCUT2D eigenvalue weighted by molar-refractivity contribution is -0.567. The molecule has 0 bridgehead atoms. The van der Waals surface area contributed by atoms with Gasteiger partial charge < -0.3 is 0 Å². The fourth-order valence-electron chi connectivity index (χ4n) is 7.28. The molecule has 0 unspecified atom stereocenters. The molecule has 0 spiro atoms. The summed E-state index contributed by atoms with van der Waals surface area (Å²) in [5, 5.41) is 2.45. The molecule has 0 aliphatic carbocycles. The molecule has 9 rings (SSSR count). The maximum Gasteiger partial charge on any atom is 0.255 e. The molecule has 0 aliphatic heterocycles. The average molecular weight is 632 g/mol. The molecule has 234 valence electrons. The van der Waals surface area contributed by atoms with Crippen molar-refractivity contribution in [3.8, 4) is 28.3 Å². The van der Waals surface area contributed by atoms with Crippen molar-refractivity contribution in [1.82, 2.24) is 14.1 Å². The third-order valence-electron chi connectivity index (χ3n) is 9.99. The Kier molecular flexibility index (Phi) is 6.77. The number of nitrogens with zero attached hydrogens (tertiary/aromatic N) is 4. The van der Waals surface area contributed by atoms with E-state index in [9.17, 15) is 0 Å². The van der Waals surface area contributed by atoms with Crippen LogP contribution in [0.3, 0.4) is 0 Å². The first-order valence-corrected chi connectivity index (χ1v) is 16.8. The maximum atomic E-state index is 4.91. The summed E-state index contributed by atoms with van der Waals surface area (Å²) in [5.41, 5.74) is 11.5. The Bertz CT molecular complexity index is 2630. The number of imidazole rings is 1. The van der Waals surface area contributed by atoms with Crippen molar-refractivity contribution in [2.24, 2.45) is 0 Å². The molecular formula is C45H35N4+. The van der Waals surface area contributed by atoms with Crippen molar-refractivity contribution in [2.45, 2.75) is 19.3 Å². The van der Waals surface area contributed by atoms with Gasteiger partial charge in [-0.05, 0) is 82.9 Å². The lowest BCUT2D eigenvalue weighted by atomic mass is 9.77. The minimum atomic E-state index is -0.275. The fourth-order valence-corrected chi connectivity index (χ4v) is 7.28. The molecule has 0 atom stereocenters. The van der Waals surface area contributed by atoms with Crippen LogP contribution in [0.25, 0.3) is 61.2 Å². The fraction of sp³-hybridized carbons (Fsp3) is 0.0667. The Hall–Kier alpha value is -6.26. The summed E-state index contributed by atoms with van der Waals surface area (Å²) in [6, 6.07) is 58.5. The van der Waals surface area contributed by atoms with Gasteiger partial charge in [-0.3, -0.25) is 4.57 Å². The molecule has 0 amide bonds. The van der Waals surface area contributed by atoms with Crippen LogP contribution in [0.5, 0.6) is 0 Å². The van der Waals surface area contributed by atoms with Crippen LogP contribution in [0.4, 0.5) is 0 Å². The summed E-state index contributed by atoms with van der Waals surface area (Å²) >= 11 is 0. The molecule has 3 aromatic heterocycles. The van der Waals surface area contributed by atoms with Gasteiger partial charge in [0, 0.05) is 22.4 Å². The summed E-state index contributed by atoms with van der Waals surface area (Å²) in [6.45, 7) is 4.65. The smallest absolute Gasteiger partial charge is 0.255 e. The minimum absolute atomic E-state index is 0.275. The quantitative estimate of drug-likeness (QED) is 0.168. The molecule has 0 fully saturated rings. The van der Waals surface area contributed by atoms with Gasteiger partial charge in [0.25, 0.3) is 6.33 Å². The summed E-state index contributed by atoms with van der Waals surface area (Å²) in [6.07, 6.45) is 4.12. The number of hydrogen-bond acceptors (Lipinski definition) is 1. The second kappa shape index (κ2) is 11.5. The molecule has 4 nitrogen and oxygen atoms in total. The topological polar surface area (TPSA) is 26.6 Å². The molecule has 9 aromatic rings. The number of hydrogen-bond donors (Lipinski definition) is 0. The van der Waals surface area contributed by atoms with Crippen LogP contribution in [0.2, 0.25) is 0 Å². The molecule has 0 saturated carbocycles. The Labute approximate surface area is 285 Å². The molecule has 0 saturated heterocycles. The van der Waals surface area contributed by atoms with E-state index >= 15 is 0 Å². The summed E-state index contributed by atoms with van der Waals surface area (Å²) < 4.78 is 6.89. The standard InChI is InChI=1S/C45H35N4/c1-45(2,34-16-13-19-37(29-34)48-31-47(36-17-7-4-8-18-36)41-22-11-12-23-42(41)48)35-24-25-39-38-20-9-10-21-40(38)49(43(39)30-35)44-28-33(26-27-46-44)32-14-5-3-6-15-32/h3-31H,1-2H3/q+1. The Morgan fingerprint density at radius 1 is 0.531 bits per heavy atom. The van der Waals surface area contributed by atoms with Crippen molar-refractivity contribution in [3.05, 3.63) is 187 Å². The average Bonchev–Trinajstić information content (AvgIpc) is 3.72. The molecule has 49 heavy (non-hydrogen) atoms. The van der Waals surface area contributed by atoms with E-state index in [4.69, 9.17) is 4.98 Å². The van der Waals surface area contributed by atoms with E-state index in [2.05, 4.69) is 198 Å². The van der Waals surface area contributed by atoms with Gasteiger partial charge in [-0.25, -0.2) is 4.98 Å². The van der Waals surface area contributed by atoms with Gasteiger partial charge in [0.15, 0.2) is 11.0 Å². The van der Waals surface area contributed by atoms with E-state index in [-0.39, 0.29) is 5.41 Å². The van der Waals surface area contributed by atoms with Gasteiger partial charge in [0.1, 0.15) is 17.2 Å². The van der Waals surface area contributed by atoms with Crippen LogP contribution in [0.1, 0.15) is 25.0 Å².